The van der Waals surface area contributed by atoms with E-state index in [0.29, 0.717) is 13.2 Å². The first-order valence-electron chi connectivity index (χ1n) is 5.23. The van der Waals surface area contributed by atoms with Gasteiger partial charge in [-0.2, -0.15) is 0 Å². The predicted molar refractivity (Wildman–Crippen MR) is 59.9 cm³/mol. The van der Waals surface area contributed by atoms with E-state index in [2.05, 4.69) is 10.3 Å². The van der Waals surface area contributed by atoms with Crippen molar-refractivity contribution in [3.63, 3.8) is 0 Å². The number of nitrogens with zero attached hydrogens (tertiary/aromatic N) is 1. The van der Waals surface area contributed by atoms with E-state index in [-0.39, 0.29) is 17.9 Å². The highest BCUT2D eigenvalue weighted by Gasteiger charge is 2.31. The summed E-state index contributed by atoms with van der Waals surface area (Å²) in [6.07, 6.45) is 1.66. The van der Waals surface area contributed by atoms with Crippen molar-refractivity contribution in [3.8, 4) is 0 Å². The number of aryl methyl sites for hydroxylation is 1. The van der Waals surface area contributed by atoms with Gasteiger partial charge in [0.15, 0.2) is 0 Å². The summed E-state index contributed by atoms with van der Waals surface area (Å²) in [5, 5.41) is 2.82. The van der Waals surface area contributed by atoms with Crippen molar-refractivity contribution in [2.24, 2.45) is 11.7 Å². The fraction of sp³-hybridized carbons (Fsp3) is 0.455. The normalized spacial score (nSPS) is 24.4. The zero-order chi connectivity index (χ0) is 11.5. The summed E-state index contributed by atoms with van der Waals surface area (Å²) in [7, 11) is 0. The summed E-state index contributed by atoms with van der Waals surface area (Å²) >= 11 is 0. The van der Waals surface area contributed by atoms with Crippen LogP contribution in [0.5, 0.6) is 0 Å². The Balaban J connectivity index is 2.02. The quantitative estimate of drug-likeness (QED) is 0.753. The molecular weight excluding hydrogens is 206 g/mol. The van der Waals surface area contributed by atoms with Gasteiger partial charge < -0.3 is 15.8 Å². The van der Waals surface area contributed by atoms with Crippen molar-refractivity contribution >= 4 is 11.6 Å². The van der Waals surface area contributed by atoms with Gasteiger partial charge in [0.05, 0.1) is 19.1 Å². The lowest BCUT2D eigenvalue weighted by Crippen LogP contribution is -2.37. The highest BCUT2D eigenvalue weighted by atomic mass is 16.5. The van der Waals surface area contributed by atoms with Crippen molar-refractivity contribution in [1.82, 2.24) is 4.98 Å². The number of hydrogen-bond donors (Lipinski definition) is 2. The minimum absolute atomic E-state index is 0.0874. The van der Waals surface area contributed by atoms with Gasteiger partial charge >= 0.3 is 0 Å². The third kappa shape index (κ3) is 2.37. The molecule has 5 nitrogen and oxygen atoms in total. The average Bonchev–Trinajstić information content (AvgIpc) is 2.64. The summed E-state index contributed by atoms with van der Waals surface area (Å²) in [5.41, 5.74) is 7.38. The maximum absolute atomic E-state index is 11.8. The summed E-state index contributed by atoms with van der Waals surface area (Å²) in [6.45, 7) is 2.73. The molecule has 1 aromatic rings. The van der Waals surface area contributed by atoms with Gasteiger partial charge in [-0.1, -0.05) is 0 Å². The van der Waals surface area contributed by atoms with Gasteiger partial charge in [0.1, 0.15) is 0 Å². The summed E-state index contributed by atoms with van der Waals surface area (Å²) in [5.74, 6) is -0.343. The van der Waals surface area contributed by atoms with E-state index in [1.807, 2.05) is 13.0 Å². The van der Waals surface area contributed by atoms with Crippen molar-refractivity contribution in [2.75, 3.05) is 18.5 Å². The van der Waals surface area contributed by atoms with Crippen LogP contribution in [0.3, 0.4) is 0 Å². The van der Waals surface area contributed by atoms with Crippen LogP contribution in [0.1, 0.15) is 5.69 Å². The van der Waals surface area contributed by atoms with E-state index in [4.69, 9.17) is 10.5 Å². The van der Waals surface area contributed by atoms with Crippen LogP contribution in [-0.4, -0.2) is 30.1 Å². The smallest absolute Gasteiger partial charge is 0.231 e. The molecule has 3 N–H and O–H groups in total. The molecule has 5 heteroatoms. The Hall–Kier alpha value is -1.46. The molecule has 2 heterocycles. The number of pyridine rings is 1. The second-order valence-corrected chi connectivity index (χ2v) is 3.98. The number of ether oxygens (including phenoxy) is 1. The van der Waals surface area contributed by atoms with Crippen molar-refractivity contribution in [1.29, 1.82) is 0 Å². The van der Waals surface area contributed by atoms with E-state index in [1.165, 1.54) is 0 Å². The first-order chi connectivity index (χ1) is 7.66. The second kappa shape index (κ2) is 4.59. The highest BCUT2D eigenvalue weighted by Crippen LogP contribution is 2.15. The number of nitrogens with one attached hydrogen (secondary N) is 1. The van der Waals surface area contributed by atoms with Gasteiger partial charge in [-0.05, 0) is 19.1 Å². The molecule has 16 heavy (non-hydrogen) atoms. The molecule has 2 atom stereocenters. The SMILES string of the molecule is Cc1cc(NC(=O)C2COCC2N)ccn1. The molecule has 0 spiro atoms. The first kappa shape index (κ1) is 11.0. The highest BCUT2D eigenvalue weighted by molar-refractivity contribution is 5.93. The number of carbonyl (C=O) groups excluding carboxylic acids is 1. The van der Waals surface area contributed by atoms with Gasteiger partial charge in [0.2, 0.25) is 5.91 Å². The molecule has 1 aromatic heterocycles. The second-order valence-electron chi connectivity index (χ2n) is 3.98. The monoisotopic (exact) mass is 221 g/mol. The maximum atomic E-state index is 11.8. The summed E-state index contributed by atoms with van der Waals surface area (Å²) in [6, 6.07) is 3.37. The third-order valence-electron chi connectivity index (χ3n) is 2.63. The molecule has 2 unspecified atom stereocenters. The Morgan fingerprint density at radius 2 is 2.44 bits per heavy atom. The van der Waals surface area contributed by atoms with Crippen LogP contribution in [0, 0.1) is 12.8 Å². The van der Waals surface area contributed by atoms with Gasteiger partial charge in [-0.25, -0.2) is 0 Å². The molecule has 0 radical (unpaired) electrons. The van der Waals surface area contributed by atoms with Crippen LogP contribution in [0.2, 0.25) is 0 Å². The lowest BCUT2D eigenvalue weighted by atomic mass is 10.0. The van der Waals surface area contributed by atoms with Gasteiger partial charge in [0, 0.05) is 23.6 Å². The molecule has 1 fully saturated rings. The van der Waals surface area contributed by atoms with Crippen LogP contribution < -0.4 is 11.1 Å². The third-order valence-corrected chi connectivity index (χ3v) is 2.63. The van der Waals surface area contributed by atoms with E-state index < -0.39 is 0 Å². The van der Waals surface area contributed by atoms with Crippen LogP contribution in [0.4, 0.5) is 5.69 Å². The van der Waals surface area contributed by atoms with E-state index in [0.717, 1.165) is 11.4 Å². The Labute approximate surface area is 94.0 Å². The molecule has 0 saturated carbocycles. The van der Waals surface area contributed by atoms with E-state index >= 15 is 0 Å². The number of nitrogens with two attached hydrogens (primary N) is 1. The van der Waals surface area contributed by atoms with Gasteiger partial charge in [-0.15, -0.1) is 0 Å². The molecule has 1 aliphatic rings. The van der Waals surface area contributed by atoms with E-state index in [9.17, 15) is 4.79 Å². The van der Waals surface area contributed by atoms with Gasteiger partial charge in [-0.3, -0.25) is 9.78 Å². The zero-order valence-electron chi connectivity index (χ0n) is 9.14. The summed E-state index contributed by atoms with van der Waals surface area (Å²) in [4.78, 5) is 15.9. The Morgan fingerprint density at radius 1 is 1.62 bits per heavy atom. The predicted octanol–water partition coefficient (Wildman–Crippen LogP) is 0.302. The number of carbonyl (C=O) groups is 1. The van der Waals surface area contributed by atoms with E-state index in [1.54, 1.807) is 12.3 Å². The minimum atomic E-state index is -0.256. The van der Waals surface area contributed by atoms with Crippen LogP contribution in [-0.2, 0) is 9.53 Å². The Kier molecular flexibility index (Phi) is 3.17. The fourth-order valence-electron chi connectivity index (χ4n) is 1.70. The molecule has 0 aromatic carbocycles. The van der Waals surface area contributed by atoms with Crippen LogP contribution in [0.15, 0.2) is 18.3 Å². The molecule has 1 saturated heterocycles. The van der Waals surface area contributed by atoms with Crippen molar-refractivity contribution < 1.29 is 9.53 Å². The number of anilines is 1. The Morgan fingerprint density at radius 3 is 3.06 bits per heavy atom. The zero-order valence-corrected chi connectivity index (χ0v) is 9.14. The molecule has 1 amide bonds. The maximum Gasteiger partial charge on any atom is 0.231 e. The van der Waals surface area contributed by atoms with Gasteiger partial charge in [0.25, 0.3) is 0 Å². The number of hydrogen-bond acceptors (Lipinski definition) is 4. The number of aromatic nitrogens is 1. The van der Waals surface area contributed by atoms with Crippen LogP contribution >= 0.6 is 0 Å². The lowest BCUT2D eigenvalue weighted by molar-refractivity contribution is -0.120. The molecule has 0 bridgehead atoms. The summed E-state index contributed by atoms with van der Waals surface area (Å²) < 4.78 is 5.15. The first-order valence-corrected chi connectivity index (χ1v) is 5.23. The minimum Gasteiger partial charge on any atom is -0.379 e. The molecule has 1 aliphatic heterocycles. The standard InChI is InChI=1S/C11H15N3O2/c1-7-4-8(2-3-13-7)14-11(15)9-5-16-6-10(9)12/h2-4,9-10H,5-6,12H2,1H3,(H,13,14,15). The largest absolute Gasteiger partial charge is 0.379 e. The van der Waals surface area contributed by atoms with Crippen molar-refractivity contribution in [3.05, 3.63) is 24.0 Å². The Bertz CT molecular complexity index is 395. The molecule has 2 rings (SSSR count). The number of amides is 1. The van der Waals surface area contributed by atoms with Crippen LogP contribution in [0.25, 0.3) is 0 Å². The average molecular weight is 221 g/mol. The molecule has 0 aliphatic carbocycles. The molecule has 86 valence electrons. The lowest BCUT2D eigenvalue weighted by Gasteiger charge is -2.13. The topological polar surface area (TPSA) is 77.2 Å². The number of rotatable bonds is 2. The molecular formula is C11H15N3O2. The van der Waals surface area contributed by atoms with Crippen molar-refractivity contribution in [2.45, 2.75) is 13.0 Å². The fourth-order valence-corrected chi connectivity index (χ4v) is 1.70.